The van der Waals surface area contributed by atoms with Gasteiger partial charge in [0, 0.05) is 36.2 Å². The number of benzene rings is 1. The van der Waals surface area contributed by atoms with E-state index >= 15 is 0 Å². The van der Waals surface area contributed by atoms with Crippen LogP contribution in [-0.2, 0) is 25.7 Å². The van der Waals surface area contributed by atoms with Gasteiger partial charge in [-0.2, -0.15) is 0 Å². The van der Waals surface area contributed by atoms with E-state index in [1.54, 1.807) is 19.2 Å². The summed E-state index contributed by atoms with van der Waals surface area (Å²) in [6.45, 7) is 7.49. The van der Waals surface area contributed by atoms with Crippen molar-refractivity contribution in [3.05, 3.63) is 56.5 Å². The number of aromatic nitrogens is 1. The van der Waals surface area contributed by atoms with E-state index in [1.807, 2.05) is 13.8 Å². The molecule has 4 atom stereocenters. The Morgan fingerprint density at radius 2 is 1.75 bits per heavy atom. The van der Waals surface area contributed by atoms with Gasteiger partial charge in [0.05, 0.1) is 11.0 Å². The molecule has 2 heterocycles. The fourth-order valence-corrected chi connectivity index (χ4v) is 5.31. The zero-order chi connectivity index (χ0) is 32.4. The van der Waals surface area contributed by atoms with E-state index < -0.39 is 52.7 Å². The number of alkyl carbamates (subject to hydrolysis) is 1. The maximum Gasteiger partial charge on any atom is 0.408 e. The zero-order valence-electron chi connectivity index (χ0n) is 25.0. The first-order valence-corrected chi connectivity index (χ1v) is 15.2. The first kappa shape index (κ1) is 34.1. The van der Waals surface area contributed by atoms with Gasteiger partial charge in [-0.3, -0.25) is 29.3 Å². The predicted octanol–water partition coefficient (Wildman–Crippen LogP) is 2.73. The van der Waals surface area contributed by atoms with E-state index in [4.69, 9.17) is 4.74 Å². The number of hydrogen-bond acceptors (Lipinski definition) is 10. The summed E-state index contributed by atoms with van der Waals surface area (Å²) in [4.78, 5) is 79.3. The lowest BCUT2D eigenvalue weighted by Crippen LogP contribution is -2.57. The van der Waals surface area contributed by atoms with E-state index in [-0.39, 0.29) is 47.9 Å². The maximum atomic E-state index is 13.5. The Morgan fingerprint density at radius 3 is 2.30 bits per heavy atom. The molecule has 1 fully saturated rings. The number of nitro benzene ring substituents is 1. The highest BCUT2D eigenvalue weighted by Gasteiger charge is 2.35. The van der Waals surface area contributed by atoms with Crippen LogP contribution in [0.4, 0.5) is 10.5 Å². The maximum absolute atomic E-state index is 13.5. The molecule has 1 aromatic carbocycles. The molecule has 4 N–H and O–H groups in total. The third kappa shape index (κ3) is 9.82. The normalized spacial score (nSPS) is 16.5. The van der Waals surface area contributed by atoms with Gasteiger partial charge in [-0.15, -0.1) is 11.3 Å². The molecule has 0 radical (unpaired) electrons. The van der Waals surface area contributed by atoms with E-state index in [2.05, 4.69) is 26.3 Å². The van der Waals surface area contributed by atoms with Gasteiger partial charge in [0.2, 0.25) is 23.5 Å². The van der Waals surface area contributed by atoms with Crippen molar-refractivity contribution < 1.29 is 33.6 Å². The summed E-state index contributed by atoms with van der Waals surface area (Å²) in [6.07, 6.45) is 1.47. The van der Waals surface area contributed by atoms with Gasteiger partial charge in [0.1, 0.15) is 18.7 Å². The molecular formula is C29H38N6O8S. The smallest absolute Gasteiger partial charge is 0.408 e. The number of non-ortho nitro benzene ring substituents is 1. The minimum Gasteiger partial charge on any atom is -0.445 e. The number of ketones is 1. The second-order valence-electron chi connectivity index (χ2n) is 11.3. The van der Waals surface area contributed by atoms with Crippen molar-refractivity contribution in [1.29, 1.82) is 0 Å². The largest absolute Gasteiger partial charge is 0.445 e. The summed E-state index contributed by atoms with van der Waals surface area (Å²) in [5.74, 6) is -2.67. The van der Waals surface area contributed by atoms with Crippen molar-refractivity contribution in [2.45, 2.75) is 71.7 Å². The average Bonchev–Trinajstić information content (AvgIpc) is 3.65. The highest BCUT2D eigenvalue weighted by atomic mass is 32.1. The molecule has 4 amide bonds. The highest BCUT2D eigenvalue weighted by Crippen LogP contribution is 2.20. The second-order valence-corrected chi connectivity index (χ2v) is 12.2. The number of hydrogen-bond donors (Lipinski definition) is 4. The quantitative estimate of drug-likeness (QED) is 0.130. The summed E-state index contributed by atoms with van der Waals surface area (Å²) in [5, 5.41) is 23.4. The highest BCUT2D eigenvalue weighted by molar-refractivity contribution is 7.11. The van der Waals surface area contributed by atoms with E-state index in [9.17, 15) is 34.1 Å². The predicted molar refractivity (Wildman–Crippen MR) is 161 cm³/mol. The lowest BCUT2D eigenvalue weighted by atomic mass is 9.95. The Labute approximate surface area is 258 Å². The number of nitrogens with zero attached hydrogens (tertiary/aromatic N) is 2. The van der Waals surface area contributed by atoms with Crippen molar-refractivity contribution in [2.24, 2.45) is 17.8 Å². The van der Waals surface area contributed by atoms with Gasteiger partial charge in [0.25, 0.3) is 5.69 Å². The van der Waals surface area contributed by atoms with Crippen LogP contribution in [0.3, 0.4) is 0 Å². The summed E-state index contributed by atoms with van der Waals surface area (Å²) in [6, 6.07) is 2.37. The zero-order valence-corrected chi connectivity index (χ0v) is 25.8. The number of carbonyl (C=O) groups is 5. The molecule has 1 saturated heterocycles. The Bertz CT molecular complexity index is 1330. The first-order chi connectivity index (χ1) is 20.8. The molecule has 44 heavy (non-hydrogen) atoms. The Hall–Kier alpha value is -4.40. The van der Waals surface area contributed by atoms with Crippen LogP contribution in [-0.4, -0.2) is 64.2 Å². The summed E-state index contributed by atoms with van der Waals surface area (Å²) < 4.78 is 5.21. The van der Waals surface area contributed by atoms with Crippen LogP contribution in [0.25, 0.3) is 0 Å². The lowest BCUT2D eigenvalue weighted by molar-refractivity contribution is -0.384. The molecule has 14 nitrogen and oxygen atoms in total. The number of amides is 4. The van der Waals surface area contributed by atoms with Gasteiger partial charge in [-0.25, -0.2) is 9.78 Å². The van der Waals surface area contributed by atoms with Crippen LogP contribution in [0, 0.1) is 27.9 Å². The van der Waals surface area contributed by atoms with Gasteiger partial charge < -0.3 is 26.0 Å². The Balaban J connectivity index is 1.67. The van der Waals surface area contributed by atoms with Gasteiger partial charge >= 0.3 is 6.09 Å². The number of Topliss-reactive ketones (excluding diaryl/α,β-unsaturated/α-hetero) is 1. The van der Waals surface area contributed by atoms with Gasteiger partial charge in [-0.05, 0) is 48.8 Å². The van der Waals surface area contributed by atoms with Crippen molar-refractivity contribution in [3.63, 3.8) is 0 Å². The number of nitro groups is 1. The van der Waals surface area contributed by atoms with Crippen molar-refractivity contribution >= 4 is 46.6 Å². The molecule has 15 heteroatoms. The third-order valence-corrected chi connectivity index (χ3v) is 7.83. The van der Waals surface area contributed by atoms with Crippen molar-refractivity contribution in [3.8, 4) is 0 Å². The third-order valence-electron chi connectivity index (χ3n) is 7.04. The van der Waals surface area contributed by atoms with Crippen LogP contribution < -0.4 is 21.3 Å². The van der Waals surface area contributed by atoms with Crippen LogP contribution in [0.15, 0.2) is 35.8 Å². The number of rotatable bonds is 15. The second kappa shape index (κ2) is 15.9. The molecule has 0 saturated carbocycles. The average molecular weight is 631 g/mol. The van der Waals surface area contributed by atoms with Crippen LogP contribution in [0.2, 0.25) is 0 Å². The monoisotopic (exact) mass is 630 g/mol. The van der Waals surface area contributed by atoms with Crippen LogP contribution >= 0.6 is 11.3 Å². The SMILES string of the molecule is CC(C)C[C@H](NC(=O)[C@@H](NC(=O)OCc1ccc([N+](=O)[O-])cc1)C(C)C)C(=O)N[C@@H](C[C@@H]1CCNC1=O)C(=O)c1nccs1. The summed E-state index contributed by atoms with van der Waals surface area (Å²) in [7, 11) is 0. The number of thiazole rings is 1. The molecule has 3 rings (SSSR count). The van der Waals surface area contributed by atoms with Crippen molar-refractivity contribution in [2.75, 3.05) is 6.54 Å². The number of carbonyl (C=O) groups excluding carboxylic acids is 5. The lowest BCUT2D eigenvalue weighted by Gasteiger charge is -2.27. The first-order valence-electron chi connectivity index (χ1n) is 14.3. The van der Waals surface area contributed by atoms with Gasteiger partial charge in [-0.1, -0.05) is 27.7 Å². The van der Waals surface area contributed by atoms with E-state index in [0.29, 0.717) is 18.5 Å². The molecular weight excluding hydrogens is 592 g/mol. The van der Waals surface area contributed by atoms with E-state index in [1.165, 1.54) is 30.5 Å². The summed E-state index contributed by atoms with van der Waals surface area (Å²) in [5.41, 5.74) is 0.416. The Morgan fingerprint density at radius 1 is 1.07 bits per heavy atom. The Kier molecular flexibility index (Phi) is 12.3. The van der Waals surface area contributed by atoms with Crippen LogP contribution in [0.5, 0.6) is 0 Å². The fourth-order valence-electron chi connectivity index (χ4n) is 4.68. The molecule has 238 valence electrons. The summed E-state index contributed by atoms with van der Waals surface area (Å²) >= 11 is 1.13. The standard InChI is InChI=1S/C29H38N6O8S/c1-16(2)13-22(26(38)32-21(14-19-9-10-30-25(19)37)24(36)28-31-11-12-44-28)33-27(39)23(17(3)4)34-29(40)43-15-18-5-7-20(8-6-18)35(41)42/h5-8,11-12,16-17,19,21-23H,9-10,13-15H2,1-4H3,(H,30,37)(H,32,38)(H,33,39)(H,34,40)/t19-,21-,22-,23-/m0/s1. The number of ether oxygens (including phenoxy) is 1. The fraction of sp³-hybridized carbons (Fsp3) is 0.517. The molecule has 0 spiro atoms. The molecule has 0 bridgehead atoms. The molecule has 1 aliphatic heterocycles. The minimum atomic E-state index is -1.06. The van der Waals surface area contributed by atoms with E-state index in [0.717, 1.165) is 11.3 Å². The molecule has 2 aromatic rings. The molecule has 1 aromatic heterocycles. The minimum absolute atomic E-state index is 0.0168. The molecule has 0 aliphatic carbocycles. The van der Waals surface area contributed by atoms with Crippen molar-refractivity contribution in [1.82, 2.24) is 26.3 Å². The number of nitrogens with one attached hydrogen (secondary N) is 4. The molecule has 1 aliphatic rings. The topological polar surface area (TPSA) is 199 Å². The van der Waals surface area contributed by atoms with Gasteiger partial charge in [0.15, 0.2) is 5.01 Å². The van der Waals surface area contributed by atoms with Crippen LogP contribution in [0.1, 0.15) is 62.3 Å². The molecule has 0 unspecified atom stereocenters.